The molecule has 7 nitrogen and oxygen atoms in total. The third kappa shape index (κ3) is 8.30. The Morgan fingerprint density at radius 1 is 0.900 bits per heavy atom. The standard InChI is InChI=1S/C30H35Cl2N3O4S/c1-21(2)18-33-30(37)28(17-23-9-6-5-7-10-23)35(19-25-26(31)11-8-12-27(25)32)29(36)20-34(4)40(38,39)24-15-13-22(3)14-16-24/h5-16,21,28H,17-20H2,1-4H3,(H,33,37)/t28-/m0/s1. The normalized spacial score (nSPS) is 12.4. The van der Waals surface area contributed by atoms with Gasteiger partial charge < -0.3 is 10.2 Å². The highest BCUT2D eigenvalue weighted by atomic mass is 35.5. The van der Waals surface area contributed by atoms with Crippen LogP contribution in [0.1, 0.15) is 30.5 Å². The Morgan fingerprint density at radius 2 is 1.50 bits per heavy atom. The van der Waals surface area contributed by atoms with Gasteiger partial charge in [0.1, 0.15) is 6.04 Å². The second-order valence-electron chi connectivity index (χ2n) is 10.1. The predicted molar refractivity (Wildman–Crippen MR) is 160 cm³/mol. The molecule has 0 saturated heterocycles. The minimum absolute atomic E-state index is 0.0737. The first-order valence-electron chi connectivity index (χ1n) is 13.0. The van der Waals surface area contributed by atoms with Gasteiger partial charge in [-0.2, -0.15) is 4.31 Å². The van der Waals surface area contributed by atoms with Crippen molar-refractivity contribution in [2.24, 2.45) is 5.92 Å². The maximum absolute atomic E-state index is 13.9. The van der Waals surface area contributed by atoms with E-state index in [-0.39, 0.29) is 29.7 Å². The van der Waals surface area contributed by atoms with E-state index in [4.69, 9.17) is 23.2 Å². The summed E-state index contributed by atoms with van der Waals surface area (Å²) in [5.74, 6) is -0.720. The van der Waals surface area contributed by atoms with Crippen LogP contribution in [0.4, 0.5) is 0 Å². The van der Waals surface area contributed by atoms with Crippen LogP contribution in [0.3, 0.4) is 0 Å². The minimum Gasteiger partial charge on any atom is -0.354 e. The molecule has 0 heterocycles. The van der Waals surface area contributed by atoms with E-state index in [1.165, 1.54) is 24.1 Å². The molecule has 0 aliphatic heterocycles. The molecule has 3 rings (SSSR count). The van der Waals surface area contributed by atoms with Gasteiger partial charge in [-0.3, -0.25) is 9.59 Å². The second-order valence-corrected chi connectivity index (χ2v) is 13.0. The summed E-state index contributed by atoms with van der Waals surface area (Å²) in [4.78, 5) is 29.0. The van der Waals surface area contributed by atoms with Crippen LogP contribution in [-0.2, 0) is 32.6 Å². The SMILES string of the molecule is Cc1ccc(S(=O)(=O)N(C)CC(=O)N(Cc2c(Cl)cccc2Cl)[C@@H](Cc2ccccc2)C(=O)NCC(C)C)cc1. The van der Waals surface area contributed by atoms with Crippen molar-refractivity contribution in [3.05, 3.63) is 99.5 Å². The van der Waals surface area contributed by atoms with E-state index in [0.717, 1.165) is 15.4 Å². The molecular formula is C30H35Cl2N3O4S. The Bertz CT molecular complexity index is 1390. The van der Waals surface area contributed by atoms with Gasteiger partial charge in [0.25, 0.3) is 0 Å². The number of rotatable bonds is 12. The van der Waals surface area contributed by atoms with Crippen molar-refractivity contribution in [2.45, 2.75) is 44.7 Å². The summed E-state index contributed by atoms with van der Waals surface area (Å²) in [6.45, 7) is 5.66. The zero-order valence-corrected chi connectivity index (χ0v) is 25.4. The van der Waals surface area contributed by atoms with E-state index in [1.807, 2.05) is 51.1 Å². The number of nitrogens with one attached hydrogen (secondary N) is 1. The fourth-order valence-corrected chi connectivity index (χ4v) is 5.72. The molecule has 3 aromatic rings. The first-order valence-corrected chi connectivity index (χ1v) is 15.2. The lowest BCUT2D eigenvalue weighted by atomic mass is 10.0. The maximum Gasteiger partial charge on any atom is 0.243 e. The molecule has 3 aromatic carbocycles. The number of hydrogen-bond donors (Lipinski definition) is 1. The zero-order chi connectivity index (χ0) is 29.4. The van der Waals surface area contributed by atoms with Gasteiger partial charge >= 0.3 is 0 Å². The third-order valence-corrected chi connectivity index (χ3v) is 8.96. The van der Waals surface area contributed by atoms with Crippen molar-refractivity contribution >= 4 is 45.0 Å². The minimum atomic E-state index is -3.97. The van der Waals surface area contributed by atoms with Gasteiger partial charge in [0.05, 0.1) is 11.4 Å². The topological polar surface area (TPSA) is 86.8 Å². The summed E-state index contributed by atoms with van der Waals surface area (Å²) in [5.41, 5.74) is 2.23. The van der Waals surface area contributed by atoms with Gasteiger partial charge in [-0.15, -0.1) is 0 Å². The monoisotopic (exact) mass is 603 g/mol. The van der Waals surface area contributed by atoms with Crippen molar-refractivity contribution in [3.63, 3.8) is 0 Å². The van der Waals surface area contributed by atoms with Gasteiger partial charge in [-0.1, -0.05) is 91.1 Å². The van der Waals surface area contributed by atoms with Crippen molar-refractivity contribution in [2.75, 3.05) is 20.1 Å². The number of aryl methyl sites for hydroxylation is 1. The summed E-state index contributed by atoms with van der Waals surface area (Å²) in [7, 11) is -2.62. The van der Waals surface area contributed by atoms with Gasteiger partial charge in [-0.25, -0.2) is 8.42 Å². The molecule has 10 heteroatoms. The maximum atomic E-state index is 13.9. The summed E-state index contributed by atoms with van der Waals surface area (Å²) in [6, 6.07) is 19.8. The Kier molecular flexibility index (Phi) is 11.2. The largest absolute Gasteiger partial charge is 0.354 e. The number of carbonyl (C=O) groups is 2. The van der Waals surface area contributed by atoms with E-state index >= 15 is 0 Å². The summed E-state index contributed by atoms with van der Waals surface area (Å²) >= 11 is 12.9. The highest BCUT2D eigenvalue weighted by Crippen LogP contribution is 2.27. The average molecular weight is 605 g/mol. The Hall–Kier alpha value is -2.91. The molecule has 0 radical (unpaired) electrons. The highest BCUT2D eigenvalue weighted by Gasteiger charge is 2.33. The van der Waals surface area contributed by atoms with Crippen molar-refractivity contribution < 1.29 is 18.0 Å². The number of likely N-dealkylation sites (N-methyl/N-ethyl adjacent to an activating group) is 1. The van der Waals surface area contributed by atoms with Crippen LogP contribution in [-0.4, -0.2) is 55.6 Å². The number of carbonyl (C=O) groups excluding carboxylic acids is 2. The van der Waals surface area contributed by atoms with Crippen LogP contribution < -0.4 is 5.32 Å². The predicted octanol–water partition coefficient (Wildman–Crippen LogP) is 5.33. The first kappa shape index (κ1) is 31.6. The van der Waals surface area contributed by atoms with Crippen LogP contribution >= 0.6 is 23.2 Å². The fourth-order valence-electron chi connectivity index (χ4n) is 4.09. The molecule has 2 amide bonds. The van der Waals surface area contributed by atoms with Crippen LogP contribution in [0.2, 0.25) is 10.0 Å². The third-order valence-electron chi connectivity index (χ3n) is 6.43. The Balaban J connectivity index is 2.01. The van der Waals surface area contributed by atoms with E-state index in [9.17, 15) is 18.0 Å². The lowest BCUT2D eigenvalue weighted by molar-refractivity contribution is -0.141. The Labute approximate surface area is 247 Å². The van der Waals surface area contributed by atoms with Crippen LogP contribution in [0.5, 0.6) is 0 Å². The molecule has 1 N–H and O–H groups in total. The van der Waals surface area contributed by atoms with Crippen LogP contribution in [0.25, 0.3) is 0 Å². The van der Waals surface area contributed by atoms with E-state index in [0.29, 0.717) is 22.2 Å². The van der Waals surface area contributed by atoms with Crippen molar-refractivity contribution in [1.29, 1.82) is 0 Å². The smallest absolute Gasteiger partial charge is 0.243 e. The molecule has 0 aliphatic carbocycles. The molecule has 40 heavy (non-hydrogen) atoms. The average Bonchev–Trinajstić information content (AvgIpc) is 2.91. The zero-order valence-electron chi connectivity index (χ0n) is 23.1. The van der Waals surface area contributed by atoms with Crippen LogP contribution in [0, 0.1) is 12.8 Å². The number of nitrogens with zero attached hydrogens (tertiary/aromatic N) is 2. The lowest BCUT2D eigenvalue weighted by Gasteiger charge is -2.33. The molecule has 214 valence electrons. The number of halogens is 2. The molecule has 1 atom stereocenters. The second kappa shape index (κ2) is 14.1. The number of amides is 2. The first-order chi connectivity index (χ1) is 18.9. The van der Waals surface area contributed by atoms with E-state index < -0.39 is 28.5 Å². The quantitative estimate of drug-likeness (QED) is 0.303. The number of sulfonamides is 1. The van der Waals surface area contributed by atoms with Crippen LogP contribution in [0.15, 0.2) is 77.7 Å². The number of benzene rings is 3. The van der Waals surface area contributed by atoms with E-state index in [2.05, 4.69) is 5.32 Å². The molecule has 0 spiro atoms. The molecule has 0 aliphatic rings. The molecule has 0 aromatic heterocycles. The number of hydrogen-bond acceptors (Lipinski definition) is 4. The van der Waals surface area contributed by atoms with E-state index in [1.54, 1.807) is 30.3 Å². The summed E-state index contributed by atoms with van der Waals surface area (Å²) in [5, 5.41) is 3.62. The molecule has 0 fully saturated rings. The lowest BCUT2D eigenvalue weighted by Crippen LogP contribution is -2.53. The highest BCUT2D eigenvalue weighted by molar-refractivity contribution is 7.89. The van der Waals surface area contributed by atoms with Gasteiger partial charge in [0, 0.05) is 42.2 Å². The molecule has 0 unspecified atom stereocenters. The Morgan fingerprint density at radius 3 is 2.08 bits per heavy atom. The fraction of sp³-hybridized carbons (Fsp3) is 0.333. The summed E-state index contributed by atoms with van der Waals surface area (Å²) in [6.07, 6.45) is 0.215. The summed E-state index contributed by atoms with van der Waals surface area (Å²) < 4.78 is 27.5. The van der Waals surface area contributed by atoms with Gasteiger partial charge in [-0.05, 0) is 42.7 Å². The molecular weight excluding hydrogens is 569 g/mol. The molecule has 0 saturated carbocycles. The van der Waals surface area contributed by atoms with Gasteiger partial charge in [0.15, 0.2) is 0 Å². The van der Waals surface area contributed by atoms with Crippen molar-refractivity contribution in [3.8, 4) is 0 Å². The van der Waals surface area contributed by atoms with Gasteiger partial charge in [0.2, 0.25) is 21.8 Å². The molecule has 0 bridgehead atoms. The van der Waals surface area contributed by atoms with Crippen molar-refractivity contribution in [1.82, 2.24) is 14.5 Å².